The lowest BCUT2D eigenvalue weighted by molar-refractivity contribution is -0.133. The number of benzene rings is 1. The number of amides is 1. The molecular weight excluding hydrogens is 253 g/mol. The number of halogens is 1. The van der Waals surface area contributed by atoms with Gasteiger partial charge in [-0.15, -0.1) is 0 Å². The zero-order valence-electron chi connectivity index (χ0n) is 12.4. The first-order chi connectivity index (χ1) is 9.58. The molecule has 1 amide bonds. The van der Waals surface area contributed by atoms with Gasteiger partial charge in [0.05, 0.1) is 6.04 Å². The van der Waals surface area contributed by atoms with Gasteiger partial charge in [-0.2, -0.15) is 0 Å². The third kappa shape index (κ3) is 3.81. The molecule has 0 N–H and O–H groups in total. The summed E-state index contributed by atoms with van der Waals surface area (Å²) >= 11 is 0. The van der Waals surface area contributed by atoms with Crippen LogP contribution in [0.4, 0.5) is 4.39 Å². The third-order valence-corrected chi connectivity index (χ3v) is 4.51. The molecule has 3 heteroatoms. The first-order valence-electron chi connectivity index (χ1n) is 7.59. The SMILES string of the molecule is CC(c1ccc(F)cc1)N(C)C(=O)CC1CCCCC1. The highest BCUT2D eigenvalue weighted by Crippen LogP contribution is 2.28. The van der Waals surface area contributed by atoms with Gasteiger partial charge in [0.1, 0.15) is 5.82 Å². The predicted molar refractivity (Wildman–Crippen MR) is 78.8 cm³/mol. The molecule has 20 heavy (non-hydrogen) atoms. The van der Waals surface area contributed by atoms with E-state index in [0.717, 1.165) is 5.56 Å². The molecule has 1 aromatic carbocycles. The van der Waals surface area contributed by atoms with Gasteiger partial charge in [0, 0.05) is 13.5 Å². The molecular formula is C17H24FNO. The smallest absolute Gasteiger partial charge is 0.223 e. The van der Waals surface area contributed by atoms with E-state index in [0.29, 0.717) is 12.3 Å². The summed E-state index contributed by atoms with van der Waals surface area (Å²) in [6.45, 7) is 1.99. The van der Waals surface area contributed by atoms with E-state index in [9.17, 15) is 9.18 Å². The molecule has 1 atom stereocenters. The monoisotopic (exact) mass is 277 g/mol. The Hall–Kier alpha value is -1.38. The van der Waals surface area contributed by atoms with E-state index in [1.807, 2.05) is 14.0 Å². The summed E-state index contributed by atoms with van der Waals surface area (Å²) < 4.78 is 12.9. The summed E-state index contributed by atoms with van der Waals surface area (Å²) in [4.78, 5) is 14.1. The van der Waals surface area contributed by atoms with Gasteiger partial charge in [-0.05, 0) is 43.4 Å². The van der Waals surface area contributed by atoms with Gasteiger partial charge in [-0.3, -0.25) is 4.79 Å². The summed E-state index contributed by atoms with van der Waals surface area (Å²) in [6.07, 6.45) is 6.86. The fourth-order valence-corrected chi connectivity index (χ4v) is 2.96. The van der Waals surface area contributed by atoms with Gasteiger partial charge in [-0.1, -0.05) is 31.4 Å². The normalized spacial score (nSPS) is 17.8. The average molecular weight is 277 g/mol. The fraction of sp³-hybridized carbons (Fsp3) is 0.588. The maximum Gasteiger partial charge on any atom is 0.223 e. The lowest BCUT2D eigenvalue weighted by atomic mass is 9.86. The van der Waals surface area contributed by atoms with E-state index in [2.05, 4.69) is 0 Å². The molecule has 110 valence electrons. The van der Waals surface area contributed by atoms with Crippen LogP contribution in [0, 0.1) is 11.7 Å². The number of rotatable bonds is 4. The molecule has 1 fully saturated rings. The zero-order chi connectivity index (χ0) is 14.5. The van der Waals surface area contributed by atoms with Crippen molar-refractivity contribution < 1.29 is 9.18 Å². The molecule has 1 aliphatic rings. The Morgan fingerprint density at radius 3 is 2.45 bits per heavy atom. The van der Waals surface area contributed by atoms with Crippen LogP contribution in [0.1, 0.15) is 57.1 Å². The van der Waals surface area contributed by atoms with Gasteiger partial charge in [0.15, 0.2) is 0 Å². The second-order valence-corrected chi connectivity index (χ2v) is 5.94. The van der Waals surface area contributed by atoms with E-state index in [1.54, 1.807) is 17.0 Å². The van der Waals surface area contributed by atoms with Crippen LogP contribution in [-0.4, -0.2) is 17.9 Å². The van der Waals surface area contributed by atoms with Gasteiger partial charge >= 0.3 is 0 Å². The highest BCUT2D eigenvalue weighted by atomic mass is 19.1. The maximum absolute atomic E-state index is 12.9. The van der Waals surface area contributed by atoms with Crippen LogP contribution < -0.4 is 0 Å². The summed E-state index contributed by atoms with van der Waals surface area (Å²) in [5.74, 6) is 0.518. The maximum atomic E-state index is 12.9. The van der Waals surface area contributed by atoms with Crippen molar-refractivity contribution >= 4 is 5.91 Å². The van der Waals surface area contributed by atoms with Gasteiger partial charge in [0.25, 0.3) is 0 Å². The lowest BCUT2D eigenvalue weighted by Gasteiger charge is -2.28. The molecule has 1 aliphatic carbocycles. The Kier molecular flexibility index (Phi) is 5.16. The molecule has 0 heterocycles. The molecule has 1 aromatic rings. The fourth-order valence-electron chi connectivity index (χ4n) is 2.96. The van der Waals surface area contributed by atoms with Crippen LogP contribution in [0.2, 0.25) is 0 Å². The largest absolute Gasteiger partial charge is 0.339 e. The molecule has 0 radical (unpaired) electrons. The van der Waals surface area contributed by atoms with Crippen molar-refractivity contribution in [2.24, 2.45) is 5.92 Å². The Balaban J connectivity index is 1.93. The first kappa shape index (κ1) is 15.0. The summed E-state index contributed by atoms with van der Waals surface area (Å²) in [6, 6.07) is 6.40. The van der Waals surface area contributed by atoms with Crippen LogP contribution in [0.3, 0.4) is 0 Å². The van der Waals surface area contributed by atoms with Crippen molar-refractivity contribution in [3.05, 3.63) is 35.6 Å². The topological polar surface area (TPSA) is 20.3 Å². The molecule has 0 spiro atoms. The van der Waals surface area contributed by atoms with Crippen LogP contribution in [0.5, 0.6) is 0 Å². The zero-order valence-corrected chi connectivity index (χ0v) is 12.4. The van der Waals surface area contributed by atoms with Crippen molar-refractivity contribution in [3.8, 4) is 0 Å². The molecule has 0 bridgehead atoms. The third-order valence-electron chi connectivity index (χ3n) is 4.51. The van der Waals surface area contributed by atoms with Crippen LogP contribution in [0.25, 0.3) is 0 Å². The van der Waals surface area contributed by atoms with Crippen molar-refractivity contribution in [1.29, 1.82) is 0 Å². The minimum atomic E-state index is -0.239. The molecule has 0 aromatic heterocycles. The van der Waals surface area contributed by atoms with Crippen molar-refractivity contribution in [3.63, 3.8) is 0 Å². The van der Waals surface area contributed by atoms with E-state index < -0.39 is 0 Å². The Bertz CT molecular complexity index is 437. The quantitative estimate of drug-likeness (QED) is 0.802. The Labute approximate surface area is 121 Å². The lowest BCUT2D eigenvalue weighted by Crippen LogP contribution is -2.31. The standard InChI is InChI=1S/C17H24FNO/c1-13(15-8-10-16(18)11-9-15)19(2)17(20)12-14-6-4-3-5-7-14/h8-11,13-14H,3-7,12H2,1-2H3. The average Bonchev–Trinajstić information content (AvgIpc) is 2.47. The number of carbonyl (C=O) groups excluding carboxylic acids is 1. The number of nitrogens with zero attached hydrogens (tertiary/aromatic N) is 1. The molecule has 0 saturated heterocycles. The van der Waals surface area contributed by atoms with Crippen LogP contribution >= 0.6 is 0 Å². The van der Waals surface area contributed by atoms with Gasteiger partial charge in [0.2, 0.25) is 5.91 Å². The number of hydrogen-bond donors (Lipinski definition) is 0. The van der Waals surface area contributed by atoms with Crippen molar-refractivity contribution in [1.82, 2.24) is 4.90 Å². The molecule has 1 saturated carbocycles. The molecule has 2 rings (SSSR count). The summed E-state index contributed by atoms with van der Waals surface area (Å²) in [5.41, 5.74) is 0.978. The van der Waals surface area contributed by atoms with Gasteiger partial charge in [-0.25, -0.2) is 4.39 Å². The van der Waals surface area contributed by atoms with E-state index >= 15 is 0 Å². The predicted octanol–water partition coefficient (Wildman–Crippen LogP) is 4.32. The second kappa shape index (κ2) is 6.87. The molecule has 0 aliphatic heterocycles. The van der Waals surface area contributed by atoms with Crippen molar-refractivity contribution in [2.75, 3.05) is 7.05 Å². The highest BCUT2D eigenvalue weighted by Gasteiger charge is 2.22. The van der Waals surface area contributed by atoms with E-state index in [4.69, 9.17) is 0 Å². The minimum Gasteiger partial charge on any atom is -0.339 e. The van der Waals surface area contributed by atoms with Crippen LogP contribution in [-0.2, 0) is 4.79 Å². The first-order valence-corrected chi connectivity index (χ1v) is 7.59. The Morgan fingerprint density at radius 1 is 1.25 bits per heavy atom. The number of hydrogen-bond acceptors (Lipinski definition) is 1. The van der Waals surface area contributed by atoms with E-state index in [-0.39, 0.29) is 17.8 Å². The summed E-state index contributed by atoms with van der Waals surface area (Å²) in [5, 5.41) is 0. The van der Waals surface area contributed by atoms with E-state index in [1.165, 1.54) is 44.2 Å². The van der Waals surface area contributed by atoms with Crippen molar-refractivity contribution in [2.45, 2.75) is 51.5 Å². The Morgan fingerprint density at radius 2 is 1.85 bits per heavy atom. The highest BCUT2D eigenvalue weighted by molar-refractivity contribution is 5.76. The second-order valence-electron chi connectivity index (χ2n) is 5.94. The number of carbonyl (C=O) groups is 1. The van der Waals surface area contributed by atoms with Gasteiger partial charge < -0.3 is 4.90 Å². The summed E-state index contributed by atoms with van der Waals surface area (Å²) in [7, 11) is 1.85. The minimum absolute atomic E-state index is 0.00769. The van der Waals surface area contributed by atoms with Crippen LogP contribution in [0.15, 0.2) is 24.3 Å². The molecule has 2 nitrogen and oxygen atoms in total. The molecule has 1 unspecified atom stereocenters.